The van der Waals surface area contributed by atoms with Crippen molar-refractivity contribution in [3.63, 3.8) is 0 Å². The smallest absolute Gasteiger partial charge is 0.223 e. The van der Waals surface area contributed by atoms with Crippen LogP contribution in [0.5, 0.6) is 11.5 Å². The van der Waals surface area contributed by atoms with Gasteiger partial charge in [-0.05, 0) is 69.3 Å². The van der Waals surface area contributed by atoms with Crippen molar-refractivity contribution in [2.45, 2.75) is 63.1 Å². The standard InChI is InChI=1S/C21H29N3O3S/c1-26-17-8-9-18(19(12-17)27-2)23-21(28)24-15-4-3-5-16(24)11-14(10-15)22-20(25)13-6-7-13/h8-9,12-16H,3-7,10-11H2,1-2H3,(H,22,25)(H,23,28). The number of amides is 1. The molecular weight excluding hydrogens is 374 g/mol. The Morgan fingerprint density at radius 1 is 1.11 bits per heavy atom. The van der Waals surface area contributed by atoms with Crippen molar-refractivity contribution < 1.29 is 14.3 Å². The third-order valence-electron chi connectivity index (χ3n) is 6.15. The Bertz CT molecular complexity index is 738. The number of benzene rings is 1. The van der Waals surface area contributed by atoms with Crippen LogP contribution in [0.3, 0.4) is 0 Å². The van der Waals surface area contributed by atoms with Gasteiger partial charge in [0, 0.05) is 30.1 Å². The van der Waals surface area contributed by atoms with Crippen molar-refractivity contribution in [2.75, 3.05) is 19.5 Å². The minimum atomic E-state index is 0.250. The molecule has 28 heavy (non-hydrogen) atoms. The molecule has 0 aromatic heterocycles. The van der Waals surface area contributed by atoms with Crippen molar-refractivity contribution in [1.29, 1.82) is 0 Å². The third kappa shape index (κ3) is 4.04. The van der Waals surface area contributed by atoms with Crippen LogP contribution in [0.4, 0.5) is 5.69 Å². The average molecular weight is 404 g/mol. The zero-order chi connectivity index (χ0) is 19.7. The molecule has 2 bridgehead atoms. The molecule has 2 heterocycles. The Morgan fingerprint density at radius 2 is 1.82 bits per heavy atom. The summed E-state index contributed by atoms with van der Waals surface area (Å²) in [5.41, 5.74) is 0.843. The molecular formula is C21H29N3O3S. The predicted molar refractivity (Wildman–Crippen MR) is 113 cm³/mol. The fraction of sp³-hybridized carbons (Fsp3) is 0.619. The summed E-state index contributed by atoms with van der Waals surface area (Å²) in [5, 5.41) is 7.41. The molecule has 2 atom stereocenters. The molecule has 0 radical (unpaired) electrons. The van der Waals surface area contributed by atoms with E-state index in [4.69, 9.17) is 21.7 Å². The van der Waals surface area contributed by atoms with Crippen molar-refractivity contribution in [3.05, 3.63) is 18.2 Å². The van der Waals surface area contributed by atoms with E-state index < -0.39 is 0 Å². The maximum Gasteiger partial charge on any atom is 0.223 e. The lowest BCUT2D eigenvalue weighted by molar-refractivity contribution is -0.123. The number of carbonyl (C=O) groups excluding carboxylic acids is 1. The second kappa shape index (κ2) is 8.15. The molecule has 1 amide bonds. The van der Waals surface area contributed by atoms with E-state index in [1.54, 1.807) is 14.2 Å². The van der Waals surface area contributed by atoms with Crippen molar-refractivity contribution in [1.82, 2.24) is 10.2 Å². The highest BCUT2D eigenvalue weighted by Gasteiger charge is 2.41. The van der Waals surface area contributed by atoms with E-state index in [-0.39, 0.29) is 17.9 Å². The van der Waals surface area contributed by atoms with Gasteiger partial charge in [-0.3, -0.25) is 4.79 Å². The third-order valence-corrected chi connectivity index (χ3v) is 6.47. The van der Waals surface area contributed by atoms with E-state index in [9.17, 15) is 4.79 Å². The summed E-state index contributed by atoms with van der Waals surface area (Å²) < 4.78 is 10.8. The number of piperidine rings is 2. The summed E-state index contributed by atoms with van der Waals surface area (Å²) in [6.07, 6.45) is 7.50. The Morgan fingerprint density at radius 3 is 2.43 bits per heavy atom. The van der Waals surface area contributed by atoms with E-state index in [0.717, 1.165) is 55.1 Å². The topological polar surface area (TPSA) is 62.8 Å². The molecule has 6 nitrogen and oxygen atoms in total. The van der Waals surface area contributed by atoms with Crippen LogP contribution in [-0.4, -0.2) is 48.3 Å². The lowest BCUT2D eigenvalue weighted by atomic mass is 9.82. The van der Waals surface area contributed by atoms with Crippen LogP contribution in [0.15, 0.2) is 18.2 Å². The molecule has 1 aromatic rings. The van der Waals surface area contributed by atoms with Crippen LogP contribution in [-0.2, 0) is 4.79 Å². The monoisotopic (exact) mass is 403 g/mol. The van der Waals surface area contributed by atoms with Gasteiger partial charge in [0.1, 0.15) is 11.5 Å². The fourth-order valence-electron chi connectivity index (χ4n) is 4.58. The normalized spacial score (nSPS) is 26.4. The van der Waals surface area contributed by atoms with Crippen LogP contribution >= 0.6 is 12.2 Å². The molecule has 7 heteroatoms. The molecule has 3 fully saturated rings. The Labute approximate surface area is 171 Å². The molecule has 1 aromatic carbocycles. The lowest BCUT2D eigenvalue weighted by Crippen LogP contribution is -2.59. The Hall–Kier alpha value is -2.02. The summed E-state index contributed by atoms with van der Waals surface area (Å²) in [7, 11) is 3.28. The van der Waals surface area contributed by atoms with Gasteiger partial charge < -0.3 is 25.0 Å². The second-order valence-corrected chi connectivity index (χ2v) is 8.48. The minimum absolute atomic E-state index is 0.250. The average Bonchev–Trinajstić information content (AvgIpc) is 3.53. The minimum Gasteiger partial charge on any atom is -0.497 e. The molecule has 1 aliphatic carbocycles. The zero-order valence-corrected chi connectivity index (χ0v) is 17.4. The van der Waals surface area contributed by atoms with Crippen molar-refractivity contribution in [3.8, 4) is 11.5 Å². The van der Waals surface area contributed by atoms with E-state index in [2.05, 4.69) is 15.5 Å². The van der Waals surface area contributed by atoms with Crippen LogP contribution in [0.1, 0.15) is 44.9 Å². The highest BCUT2D eigenvalue weighted by atomic mass is 32.1. The molecule has 2 saturated heterocycles. The predicted octanol–water partition coefficient (Wildman–Crippen LogP) is 3.31. The number of carbonyl (C=O) groups is 1. The van der Waals surface area contributed by atoms with Crippen molar-refractivity contribution >= 4 is 28.9 Å². The SMILES string of the molecule is COc1ccc(NC(=S)N2C3CCCC2CC(NC(=O)C2CC2)C3)c(OC)c1. The molecule has 1 saturated carbocycles. The summed E-state index contributed by atoms with van der Waals surface area (Å²) in [5.74, 6) is 1.97. The number of hydrogen-bond acceptors (Lipinski definition) is 4. The molecule has 2 unspecified atom stereocenters. The van der Waals surface area contributed by atoms with Gasteiger partial charge in [-0.25, -0.2) is 0 Å². The van der Waals surface area contributed by atoms with Gasteiger partial charge in [0.25, 0.3) is 0 Å². The largest absolute Gasteiger partial charge is 0.497 e. The van der Waals surface area contributed by atoms with Gasteiger partial charge in [0.2, 0.25) is 5.91 Å². The number of nitrogens with zero attached hydrogens (tertiary/aromatic N) is 1. The van der Waals surface area contributed by atoms with Crippen LogP contribution in [0.2, 0.25) is 0 Å². The Kier molecular flexibility index (Phi) is 5.62. The molecule has 4 rings (SSSR count). The second-order valence-electron chi connectivity index (χ2n) is 8.09. The van der Waals surface area contributed by atoms with Gasteiger partial charge in [-0.15, -0.1) is 0 Å². The van der Waals surface area contributed by atoms with Crippen molar-refractivity contribution in [2.24, 2.45) is 5.92 Å². The molecule has 2 N–H and O–H groups in total. The quantitative estimate of drug-likeness (QED) is 0.736. The first-order chi connectivity index (χ1) is 13.6. The first kappa shape index (κ1) is 19.3. The molecule has 2 aliphatic heterocycles. The summed E-state index contributed by atoms with van der Waals surface area (Å²) in [4.78, 5) is 14.5. The van der Waals surface area contributed by atoms with E-state index in [1.165, 1.54) is 6.42 Å². The van der Waals surface area contributed by atoms with Crippen LogP contribution < -0.4 is 20.1 Å². The maximum absolute atomic E-state index is 12.2. The number of methoxy groups -OCH3 is 2. The number of ether oxygens (including phenoxy) is 2. The van der Waals surface area contributed by atoms with Gasteiger partial charge in [0.15, 0.2) is 5.11 Å². The summed E-state index contributed by atoms with van der Waals surface area (Å²) in [6, 6.07) is 6.71. The number of hydrogen-bond donors (Lipinski definition) is 2. The molecule has 152 valence electrons. The van der Waals surface area contributed by atoms with E-state index >= 15 is 0 Å². The number of anilines is 1. The van der Waals surface area contributed by atoms with Crippen LogP contribution in [0, 0.1) is 5.92 Å². The summed E-state index contributed by atoms with van der Waals surface area (Å²) in [6.45, 7) is 0. The number of rotatable bonds is 5. The number of thiocarbonyl (C=S) groups is 1. The first-order valence-corrected chi connectivity index (χ1v) is 10.6. The number of nitrogens with one attached hydrogen (secondary N) is 2. The molecule has 0 spiro atoms. The first-order valence-electron chi connectivity index (χ1n) is 10.2. The van der Waals surface area contributed by atoms with Gasteiger partial charge in [-0.2, -0.15) is 0 Å². The van der Waals surface area contributed by atoms with Gasteiger partial charge in [-0.1, -0.05) is 0 Å². The Balaban J connectivity index is 1.43. The highest BCUT2D eigenvalue weighted by Crippen LogP contribution is 2.37. The van der Waals surface area contributed by atoms with E-state index in [1.807, 2.05) is 18.2 Å². The lowest BCUT2D eigenvalue weighted by Gasteiger charge is -2.50. The number of fused-ring (bicyclic) bond motifs is 2. The maximum atomic E-state index is 12.2. The zero-order valence-electron chi connectivity index (χ0n) is 16.6. The highest BCUT2D eigenvalue weighted by molar-refractivity contribution is 7.80. The van der Waals surface area contributed by atoms with E-state index in [0.29, 0.717) is 17.8 Å². The molecule has 3 aliphatic rings. The van der Waals surface area contributed by atoms with Crippen LogP contribution in [0.25, 0.3) is 0 Å². The fourth-order valence-corrected chi connectivity index (χ4v) is 4.99. The van der Waals surface area contributed by atoms with Gasteiger partial charge in [0.05, 0.1) is 19.9 Å². The summed E-state index contributed by atoms with van der Waals surface area (Å²) >= 11 is 5.80. The van der Waals surface area contributed by atoms with Gasteiger partial charge >= 0.3 is 0 Å².